The zero-order valence-corrected chi connectivity index (χ0v) is 13.5. The molecule has 1 aromatic heterocycles. The second-order valence-corrected chi connectivity index (χ2v) is 5.82. The lowest BCUT2D eigenvalue weighted by atomic mass is 10.2. The summed E-state index contributed by atoms with van der Waals surface area (Å²) in [6.07, 6.45) is 5.80. The van der Waals surface area contributed by atoms with Crippen molar-refractivity contribution in [2.75, 3.05) is 32.7 Å². The van der Waals surface area contributed by atoms with Crippen LogP contribution in [0.15, 0.2) is 59.5 Å². The highest BCUT2D eigenvalue weighted by Gasteiger charge is 2.22. The molecular formula is C19H21N3O2. The molecule has 24 heavy (non-hydrogen) atoms. The molecular weight excluding hydrogens is 302 g/mol. The largest absolute Gasteiger partial charge is 0.336 e. The van der Waals surface area contributed by atoms with Gasteiger partial charge in [0.05, 0.1) is 0 Å². The number of H-pyrrole nitrogens is 1. The van der Waals surface area contributed by atoms with E-state index in [-0.39, 0.29) is 17.0 Å². The smallest absolute Gasteiger partial charge is 0.260 e. The van der Waals surface area contributed by atoms with Gasteiger partial charge in [-0.05, 0) is 17.7 Å². The summed E-state index contributed by atoms with van der Waals surface area (Å²) in [4.78, 5) is 30.7. The summed E-state index contributed by atoms with van der Waals surface area (Å²) in [5.74, 6) is -0.184. The molecule has 3 rings (SSSR count). The number of pyridine rings is 1. The molecule has 2 aromatic rings. The van der Waals surface area contributed by atoms with Gasteiger partial charge in [0, 0.05) is 38.9 Å². The lowest BCUT2D eigenvalue weighted by Crippen LogP contribution is -2.49. The van der Waals surface area contributed by atoms with E-state index in [1.54, 1.807) is 17.0 Å². The standard InChI is InChI=1S/C19H21N3O2/c23-18-17(9-4-10-20-18)19(24)22-14-12-21(13-15-22)11-5-8-16-6-2-1-3-7-16/h1-10H,11-15H2,(H,20,23). The molecule has 0 saturated carbocycles. The van der Waals surface area contributed by atoms with Gasteiger partial charge in [0.15, 0.2) is 0 Å². The van der Waals surface area contributed by atoms with Gasteiger partial charge in [-0.1, -0.05) is 42.5 Å². The highest BCUT2D eigenvalue weighted by molar-refractivity contribution is 5.93. The molecule has 0 unspecified atom stereocenters. The average Bonchev–Trinajstić information content (AvgIpc) is 2.63. The minimum absolute atomic E-state index is 0.184. The number of aromatic nitrogens is 1. The Hall–Kier alpha value is -2.66. The summed E-state index contributed by atoms with van der Waals surface area (Å²) in [7, 11) is 0. The maximum atomic E-state index is 12.4. The summed E-state index contributed by atoms with van der Waals surface area (Å²) in [6.45, 7) is 3.78. The molecule has 1 saturated heterocycles. The number of carbonyl (C=O) groups is 1. The van der Waals surface area contributed by atoms with Crippen LogP contribution in [-0.4, -0.2) is 53.4 Å². The molecule has 1 aromatic carbocycles. The maximum Gasteiger partial charge on any atom is 0.260 e. The molecule has 124 valence electrons. The average molecular weight is 323 g/mol. The van der Waals surface area contributed by atoms with Crippen molar-refractivity contribution in [1.82, 2.24) is 14.8 Å². The molecule has 1 fully saturated rings. The maximum absolute atomic E-state index is 12.4. The number of nitrogens with one attached hydrogen (secondary N) is 1. The van der Waals surface area contributed by atoms with Gasteiger partial charge in [0.1, 0.15) is 5.56 Å². The summed E-state index contributed by atoms with van der Waals surface area (Å²) in [5, 5.41) is 0. The Morgan fingerprint density at radius 3 is 2.50 bits per heavy atom. The van der Waals surface area contributed by atoms with Crippen molar-refractivity contribution in [1.29, 1.82) is 0 Å². The molecule has 5 heteroatoms. The van der Waals surface area contributed by atoms with Gasteiger partial charge in [-0.2, -0.15) is 0 Å². The van der Waals surface area contributed by atoms with Crippen molar-refractivity contribution in [2.45, 2.75) is 0 Å². The first-order valence-corrected chi connectivity index (χ1v) is 8.15. The second kappa shape index (κ2) is 7.75. The van der Waals surface area contributed by atoms with Crippen LogP contribution in [0.25, 0.3) is 6.08 Å². The van der Waals surface area contributed by atoms with E-state index in [0.717, 1.165) is 19.6 Å². The Balaban J connectivity index is 1.51. The van der Waals surface area contributed by atoms with Crippen molar-refractivity contribution in [2.24, 2.45) is 0 Å². The fourth-order valence-corrected chi connectivity index (χ4v) is 2.80. The molecule has 1 N–H and O–H groups in total. The minimum atomic E-state index is -0.323. The van der Waals surface area contributed by atoms with Crippen molar-refractivity contribution in [3.63, 3.8) is 0 Å². The van der Waals surface area contributed by atoms with Crippen LogP contribution in [0.1, 0.15) is 15.9 Å². The third-order valence-corrected chi connectivity index (χ3v) is 4.18. The van der Waals surface area contributed by atoms with Crippen LogP contribution in [0.5, 0.6) is 0 Å². The first kappa shape index (κ1) is 16.2. The molecule has 0 spiro atoms. The number of piperazine rings is 1. The van der Waals surface area contributed by atoms with Gasteiger partial charge in [-0.15, -0.1) is 0 Å². The predicted octanol–water partition coefficient (Wildman–Crippen LogP) is 1.85. The van der Waals surface area contributed by atoms with Crippen molar-refractivity contribution < 1.29 is 4.79 Å². The van der Waals surface area contributed by atoms with Gasteiger partial charge in [0.25, 0.3) is 11.5 Å². The van der Waals surface area contributed by atoms with E-state index >= 15 is 0 Å². The zero-order valence-electron chi connectivity index (χ0n) is 13.5. The highest BCUT2D eigenvalue weighted by atomic mass is 16.2. The predicted molar refractivity (Wildman–Crippen MR) is 94.9 cm³/mol. The van der Waals surface area contributed by atoms with Crippen molar-refractivity contribution in [3.05, 3.63) is 76.2 Å². The first-order valence-electron chi connectivity index (χ1n) is 8.15. The minimum Gasteiger partial charge on any atom is -0.336 e. The number of amides is 1. The van der Waals surface area contributed by atoms with Crippen molar-refractivity contribution in [3.8, 4) is 0 Å². The molecule has 0 bridgehead atoms. The van der Waals surface area contributed by atoms with E-state index in [4.69, 9.17) is 0 Å². The normalized spacial score (nSPS) is 15.8. The highest BCUT2D eigenvalue weighted by Crippen LogP contribution is 2.07. The van der Waals surface area contributed by atoms with Gasteiger partial charge in [0.2, 0.25) is 0 Å². The van der Waals surface area contributed by atoms with Crippen LogP contribution in [0, 0.1) is 0 Å². The third kappa shape index (κ3) is 4.00. The lowest BCUT2D eigenvalue weighted by Gasteiger charge is -2.34. The zero-order chi connectivity index (χ0) is 16.8. The fourth-order valence-electron chi connectivity index (χ4n) is 2.80. The number of rotatable bonds is 4. The number of aromatic amines is 1. The topological polar surface area (TPSA) is 56.4 Å². The van der Waals surface area contributed by atoms with Gasteiger partial charge in [-0.3, -0.25) is 14.5 Å². The Labute approximate surface area is 141 Å². The lowest BCUT2D eigenvalue weighted by molar-refractivity contribution is 0.0648. The molecule has 0 radical (unpaired) electrons. The Morgan fingerprint density at radius 2 is 1.79 bits per heavy atom. The van der Waals surface area contributed by atoms with E-state index < -0.39 is 0 Å². The molecule has 0 aliphatic carbocycles. The number of nitrogens with zero attached hydrogens (tertiary/aromatic N) is 2. The van der Waals surface area contributed by atoms with Crippen LogP contribution in [0.2, 0.25) is 0 Å². The monoisotopic (exact) mass is 323 g/mol. The number of hydrogen-bond acceptors (Lipinski definition) is 3. The van der Waals surface area contributed by atoms with E-state index in [1.165, 1.54) is 11.8 Å². The molecule has 0 atom stereocenters. The van der Waals surface area contributed by atoms with E-state index in [2.05, 4.69) is 34.2 Å². The van der Waals surface area contributed by atoms with E-state index in [1.807, 2.05) is 18.2 Å². The summed E-state index contributed by atoms with van der Waals surface area (Å²) >= 11 is 0. The van der Waals surface area contributed by atoms with Crippen LogP contribution in [-0.2, 0) is 0 Å². The van der Waals surface area contributed by atoms with E-state index in [9.17, 15) is 9.59 Å². The Kier molecular flexibility index (Phi) is 5.23. The fraction of sp³-hybridized carbons (Fsp3) is 0.263. The molecule has 1 amide bonds. The van der Waals surface area contributed by atoms with Crippen LogP contribution < -0.4 is 5.56 Å². The number of carbonyl (C=O) groups excluding carboxylic acids is 1. The van der Waals surface area contributed by atoms with Crippen LogP contribution >= 0.6 is 0 Å². The van der Waals surface area contributed by atoms with Crippen LogP contribution in [0.3, 0.4) is 0 Å². The van der Waals surface area contributed by atoms with Gasteiger partial charge >= 0.3 is 0 Å². The third-order valence-electron chi connectivity index (χ3n) is 4.18. The molecule has 5 nitrogen and oxygen atoms in total. The van der Waals surface area contributed by atoms with Gasteiger partial charge in [-0.25, -0.2) is 0 Å². The number of hydrogen-bond donors (Lipinski definition) is 1. The molecule has 2 heterocycles. The van der Waals surface area contributed by atoms with Crippen LogP contribution in [0.4, 0.5) is 0 Å². The Morgan fingerprint density at radius 1 is 1.04 bits per heavy atom. The molecule has 1 aliphatic heterocycles. The first-order chi connectivity index (χ1) is 11.7. The summed E-state index contributed by atoms with van der Waals surface area (Å²) in [6, 6.07) is 13.5. The Bertz CT molecular complexity index is 759. The summed E-state index contributed by atoms with van der Waals surface area (Å²) < 4.78 is 0. The second-order valence-electron chi connectivity index (χ2n) is 5.82. The molecule has 1 aliphatic rings. The quantitative estimate of drug-likeness (QED) is 0.934. The van der Waals surface area contributed by atoms with Gasteiger partial charge < -0.3 is 9.88 Å². The summed E-state index contributed by atoms with van der Waals surface area (Å²) in [5.41, 5.74) is 1.08. The number of benzene rings is 1. The van der Waals surface area contributed by atoms with E-state index in [0.29, 0.717) is 13.1 Å². The van der Waals surface area contributed by atoms with Crippen molar-refractivity contribution >= 4 is 12.0 Å². The SMILES string of the molecule is O=C(c1ccc[nH]c1=O)N1CCN(CC=Cc2ccccc2)CC1.